The molecule has 0 saturated carbocycles. The molecule has 1 amide bonds. The molecule has 0 aliphatic carbocycles. The van der Waals surface area contributed by atoms with Crippen LogP contribution in [0.4, 0.5) is 0 Å². The molecule has 1 atom stereocenters. The average Bonchev–Trinajstić information content (AvgIpc) is 2.85. The van der Waals surface area contributed by atoms with Gasteiger partial charge in [0.25, 0.3) is 0 Å². The molecule has 0 unspecified atom stereocenters. The average molecular weight is 324 g/mol. The van der Waals surface area contributed by atoms with Crippen LogP contribution in [0.25, 0.3) is 11.4 Å². The van der Waals surface area contributed by atoms with Crippen molar-refractivity contribution in [3.8, 4) is 11.4 Å². The fraction of sp³-hybridized carbons (Fsp3) is 0.250. The maximum absolute atomic E-state index is 11.3. The van der Waals surface area contributed by atoms with Crippen molar-refractivity contribution in [2.24, 2.45) is 5.73 Å². The Hall–Kier alpha value is -1.73. The zero-order valence-electron chi connectivity index (χ0n) is 10.4. The van der Waals surface area contributed by atoms with Crippen LogP contribution in [-0.2, 0) is 11.3 Å². The molecule has 1 aromatic carbocycles. The molecular weight excluding hydrogens is 310 g/mol. The van der Waals surface area contributed by atoms with E-state index in [1.807, 2.05) is 24.3 Å². The number of carbonyl (C=O) groups is 1. The third-order valence-electron chi connectivity index (χ3n) is 2.48. The number of nitrogens with one attached hydrogen (secondary N) is 2. The molecule has 0 aliphatic heterocycles. The number of halogens is 1. The lowest BCUT2D eigenvalue weighted by Crippen LogP contribution is -2.38. The Balaban J connectivity index is 2.03. The smallest absolute Gasteiger partial charge is 0.237 e. The van der Waals surface area contributed by atoms with Crippen LogP contribution >= 0.6 is 15.9 Å². The maximum atomic E-state index is 11.3. The first kappa shape index (κ1) is 13.7. The van der Waals surface area contributed by atoms with Crippen molar-refractivity contribution in [3.63, 3.8) is 0 Å². The number of rotatable bonds is 4. The van der Waals surface area contributed by atoms with E-state index in [9.17, 15) is 4.79 Å². The molecule has 0 saturated heterocycles. The van der Waals surface area contributed by atoms with Crippen LogP contribution in [0, 0.1) is 0 Å². The Bertz CT molecular complexity index is 564. The molecule has 19 heavy (non-hydrogen) atoms. The van der Waals surface area contributed by atoms with Gasteiger partial charge in [-0.1, -0.05) is 28.1 Å². The van der Waals surface area contributed by atoms with E-state index in [0.29, 0.717) is 11.6 Å². The molecule has 1 aromatic heterocycles. The monoisotopic (exact) mass is 323 g/mol. The number of aromatic amines is 1. The summed E-state index contributed by atoms with van der Waals surface area (Å²) in [6.07, 6.45) is 0. The van der Waals surface area contributed by atoms with Gasteiger partial charge < -0.3 is 11.1 Å². The molecule has 7 heteroatoms. The minimum Gasteiger partial charge on any atom is -0.347 e. The van der Waals surface area contributed by atoms with E-state index >= 15 is 0 Å². The maximum Gasteiger partial charge on any atom is 0.237 e. The van der Waals surface area contributed by atoms with Crippen LogP contribution in [0.2, 0.25) is 0 Å². The highest BCUT2D eigenvalue weighted by molar-refractivity contribution is 9.10. The summed E-state index contributed by atoms with van der Waals surface area (Å²) >= 11 is 3.37. The molecule has 1 heterocycles. The van der Waals surface area contributed by atoms with Gasteiger partial charge in [-0.3, -0.25) is 9.89 Å². The number of hydrogen-bond acceptors (Lipinski definition) is 4. The van der Waals surface area contributed by atoms with Gasteiger partial charge in [0.2, 0.25) is 5.91 Å². The number of amides is 1. The van der Waals surface area contributed by atoms with Crippen LogP contribution in [0.15, 0.2) is 28.7 Å². The SMILES string of the molecule is C[C@@H](N)C(=O)NCc1nc(-c2ccc(Br)cc2)n[nH]1. The van der Waals surface area contributed by atoms with E-state index in [0.717, 1.165) is 10.0 Å². The topological polar surface area (TPSA) is 96.7 Å². The van der Waals surface area contributed by atoms with E-state index < -0.39 is 6.04 Å². The zero-order valence-corrected chi connectivity index (χ0v) is 11.9. The summed E-state index contributed by atoms with van der Waals surface area (Å²) in [4.78, 5) is 15.6. The largest absolute Gasteiger partial charge is 0.347 e. The first-order valence-corrected chi connectivity index (χ1v) is 6.56. The number of benzene rings is 1. The standard InChI is InChI=1S/C12H14BrN5O/c1-7(14)12(19)15-6-10-16-11(18-17-10)8-2-4-9(13)5-3-8/h2-5,7H,6,14H2,1H3,(H,15,19)(H,16,17,18)/t7-/m1/s1. The summed E-state index contributed by atoms with van der Waals surface area (Å²) in [6, 6.07) is 7.13. The van der Waals surface area contributed by atoms with Crippen molar-refractivity contribution in [2.45, 2.75) is 19.5 Å². The molecular formula is C12H14BrN5O. The van der Waals surface area contributed by atoms with Crippen molar-refractivity contribution in [2.75, 3.05) is 0 Å². The van der Waals surface area contributed by atoms with Gasteiger partial charge in [0.05, 0.1) is 12.6 Å². The Labute approximate surface area is 118 Å². The van der Waals surface area contributed by atoms with Crippen molar-refractivity contribution < 1.29 is 4.79 Å². The van der Waals surface area contributed by atoms with Gasteiger partial charge >= 0.3 is 0 Å². The normalized spacial score (nSPS) is 12.2. The molecule has 0 spiro atoms. The Morgan fingerprint density at radius 1 is 1.47 bits per heavy atom. The van der Waals surface area contributed by atoms with E-state index in [4.69, 9.17) is 5.73 Å². The molecule has 100 valence electrons. The number of nitrogens with zero attached hydrogens (tertiary/aromatic N) is 2. The highest BCUT2D eigenvalue weighted by Crippen LogP contribution is 2.18. The third kappa shape index (κ3) is 3.62. The van der Waals surface area contributed by atoms with Crippen molar-refractivity contribution in [3.05, 3.63) is 34.6 Å². The number of carbonyl (C=O) groups excluding carboxylic acids is 1. The Morgan fingerprint density at radius 2 is 2.16 bits per heavy atom. The quantitative estimate of drug-likeness (QED) is 0.787. The van der Waals surface area contributed by atoms with Gasteiger partial charge in [-0.05, 0) is 19.1 Å². The molecule has 2 aromatic rings. The van der Waals surface area contributed by atoms with Gasteiger partial charge in [-0.25, -0.2) is 4.98 Å². The second-order valence-corrected chi connectivity index (χ2v) is 5.03. The van der Waals surface area contributed by atoms with Gasteiger partial charge in [0, 0.05) is 10.0 Å². The van der Waals surface area contributed by atoms with Crippen LogP contribution < -0.4 is 11.1 Å². The highest BCUT2D eigenvalue weighted by atomic mass is 79.9. The lowest BCUT2D eigenvalue weighted by Gasteiger charge is -2.04. The molecule has 2 rings (SSSR count). The van der Waals surface area contributed by atoms with Crippen molar-refractivity contribution in [1.29, 1.82) is 0 Å². The molecule has 0 radical (unpaired) electrons. The number of aromatic nitrogens is 3. The van der Waals surface area contributed by atoms with Gasteiger partial charge in [-0.15, -0.1) is 0 Å². The molecule has 0 fully saturated rings. The minimum absolute atomic E-state index is 0.221. The summed E-state index contributed by atoms with van der Waals surface area (Å²) < 4.78 is 0.996. The Morgan fingerprint density at radius 3 is 2.79 bits per heavy atom. The second-order valence-electron chi connectivity index (χ2n) is 4.12. The van der Waals surface area contributed by atoms with Crippen molar-refractivity contribution in [1.82, 2.24) is 20.5 Å². The van der Waals surface area contributed by atoms with Gasteiger partial charge in [0.15, 0.2) is 5.82 Å². The lowest BCUT2D eigenvalue weighted by atomic mass is 10.2. The number of nitrogens with two attached hydrogens (primary N) is 1. The summed E-state index contributed by atoms with van der Waals surface area (Å²) in [5.41, 5.74) is 6.35. The summed E-state index contributed by atoms with van der Waals surface area (Å²) in [5.74, 6) is 0.964. The molecule has 4 N–H and O–H groups in total. The van der Waals surface area contributed by atoms with Gasteiger partial charge in [-0.2, -0.15) is 5.10 Å². The van der Waals surface area contributed by atoms with Crippen LogP contribution in [0.1, 0.15) is 12.7 Å². The number of H-pyrrole nitrogens is 1. The fourth-order valence-corrected chi connectivity index (χ4v) is 1.70. The Kier molecular flexibility index (Phi) is 4.28. The number of hydrogen-bond donors (Lipinski definition) is 3. The minimum atomic E-state index is -0.533. The lowest BCUT2D eigenvalue weighted by molar-refractivity contribution is -0.122. The van der Waals surface area contributed by atoms with Crippen LogP contribution in [0.5, 0.6) is 0 Å². The van der Waals surface area contributed by atoms with Gasteiger partial charge in [0.1, 0.15) is 5.82 Å². The molecule has 0 aliphatic rings. The molecule has 0 bridgehead atoms. The van der Waals surface area contributed by atoms with Crippen LogP contribution in [-0.4, -0.2) is 27.1 Å². The van der Waals surface area contributed by atoms with E-state index in [1.54, 1.807) is 6.92 Å². The van der Waals surface area contributed by atoms with Crippen molar-refractivity contribution >= 4 is 21.8 Å². The predicted molar refractivity (Wildman–Crippen MR) is 75.0 cm³/mol. The van der Waals surface area contributed by atoms with Crippen LogP contribution in [0.3, 0.4) is 0 Å². The van der Waals surface area contributed by atoms with E-state index in [-0.39, 0.29) is 12.5 Å². The van der Waals surface area contributed by atoms with E-state index in [1.165, 1.54) is 0 Å². The van der Waals surface area contributed by atoms with E-state index in [2.05, 4.69) is 36.4 Å². The first-order chi connectivity index (χ1) is 9.06. The highest BCUT2D eigenvalue weighted by Gasteiger charge is 2.09. The summed E-state index contributed by atoms with van der Waals surface area (Å²) in [7, 11) is 0. The fourth-order valence-electron chi connectivity index (χ4n) is 1.43. The summed E-state index contributed by atoms with van der Waals surface area (Å²) in [5, 5.41) is 9.56. The third-order valence-corrected chi connectivity index (χ3v) is 3.01. The first-order valence-electron chi connectivity index (χ1n) is 5.77. The molecule has 6 nitrogen and oxygen atoms in total. The second kappa shape index (κ2) is 5.94. The summed E-state index contributed by atoms with van der Waals surface area (Å²) in [6.45, 7) is 1.91. The predicted octanol–water partition coefficient (Wildman–Crippen LogP) is 1.20. The zero-order chi connectivity index (χ0) is 13.8.